The van der Waals surface area contributed by atoms with E-state index in [-0.39, 0.29) is 17.8 Å². The molecule has 11 heteroatoms. The van der Waals surface area contributed by atoms with Gasteiger partial charge in [-0.1, -0.05) is 28.4 Å². The number of methoxy groups -OCH3 is 1. The smallest absolute Gasteiger partial charge is 0.341 e. The van der Waals surface area contributed by atoms with Gasteiger partial charge in [0.15, 0.2) is 0 Å². The summed E-state index contributed by atoms with van der Waals surface area (Å²) < 4.78 is 10.5. The monoisotopic (exact) mass is 548 g/mol. The maximum atomic E-state index is 13.2. The van der Waals surface area contributed by atoms with Crippen molar-refractivity contribution in [3.8, 4) is 11.4 Å². The van der Waals surface area contributed by atoms with Crippen molar-refractivity contribution in [2.45, 2.75) is 45.1 Å². The van der Waals surface area contributed by atoms with Gasteiger partial charge in [0, 0.05) is 22.0 Å². The predicted molar refractivity (Wildman–Crippen MR) is 139 cm³/mol. The molecule has 1 saturated heterocycles. The first-order chi connectivity index (χ1) is 17.4. The minimum atomic E-state index is -0.386. The number of thiophene rings is 1. The van der Waals surface area contributed by atoms with Crippen molar-refractivity contribution in [1.29, 1.82) is 0 Å². The maximum absolute atomic E-state index is 13.2. The van der Waals surface area contributed by atoms with Crippen LogP contribution in [0.5, 0.6) is 0 Å². The van der Waals surface area contributed by atoms with Crippen LogP contribution in [0.4, 0.5) is 5.00 Å². The van der Waals surface area contributed by atoms with E-state index in [1.807, 2.05) is 0 Å². The molecule has 190 valence electrons. The second-order valence-electron chi connectivity index (χ2n) is 9.11. The van der Waals surface area contributed by atoms with Crippen molar-refractivity contribution in [3.63, 3.8) is 0 Å². The number of amides is 1. The summed E-state index contributed by atoms with van der Waals surface area (Å²) in [5.74, 6) is 0.174. The van der Waals surface area contributed by atoms with E-state index >= 15 is 0 Å². The Morgan fingerprint density at radius 1 is 1.25 bits per heavy atom. The molecule has 8 nitrogen and oxygen atoms in total. The van der Waals surface area contributed by atoms with Crippen LogP contribution in [0.15, 0.2) is 22.7 Å². The molecule has 0 spiro atoms. The van der Waals surface area contributed by atoms with Gasteiger partial charge in [0.25, 0.3) is 0 Å². The van der Waals surface area contributed by atoms with E-state index in [2.05, 4.69) is 20.4 Å². The zero-order valence-corrected chi connectivity index (χ0v) is 22.1. The van der Waals surface area contributed by atoms with Crippen molar-refractivity contribution >= 4 is 51.4 Å². The number of ether oxygens (including phenoxy) is 1. The Labute approximate surface area is 222 Å². The molecule has 1 aromatic carbocycles. The highest BCUT2D eigenvalue weighted by Gasteiger charge is 2.31. The number of benzene rings is 1. The van der Waals surface area contributed by atoms with Gasteiger partial charge >= 0.3 is 5.97 Å². The summed E-state index contributed by atoms with van der Waals surface area (Å²) in [4.78, 5) is 33.5. The molecule has 3 heterocycles. The number of carbonyl (C=O) groups excluding carboxylic acids is 2. The van der Waals surface area contributed by atoms with Gasteiger partial charge in [-0.3, -0.25) is 9.69 Å². The molecule has 1 atom stereocenters. The van der Waals surface area contributed by atoms with Crippen molar-refractivity contribution in [3.05, 3.63) is 50.1 Å². The number of nitrogens with zero attached hydrogens (tertiary/aromatic N) is 3. The SMILES string of the molecule is COC(=O)c1c(NC(=O)C2CCCN(Cc3nc(-c4ccc(Cl)cc4Cl)no3)C2)sc2c1CCCC2. The number of hydrogen-bond donors (Lipinski definition) is 1. The van der Waals surface area contributed by atoms with E-state index in [4.69, 9.17) is 32.5 Å². The van der Waals surface area contributed by atoms with Crippen LogP contribution in [-0.4, -0.2) is 47.1 Å². The van der Waals surface area contributed by atoms with Crippen LogP contribution < -0.4 is 5.32 Å². The molecule has 1 unspecified atom stereocenters. The molecule has 0 bridgehead atoms. The standard InChI is InChI=1S/C25H26Cl2N4O4S/c1-34-25(33)21-17-6-2-3-7-19(17)36-24(21)29-23(32)14-5-4-10-31(12-14)13-20-28-22(30-35-20)16-9-8-15(26)11-18(16)27/h8-9,11,14H,2-7,10,12-13H2,1H3,(H,29,32). The van der Waals surface area contributed by atoms with Gasteiger partial charge < -0.3 is 14.6 Å². The van der Waals surface area contributed by atoms with Crippen LogP contribution in [-0.2, 0) is 28.9 Å². The maximum Gasteiger partial charge on any atom is 0.341 e. The molecule has 3 aromatic rings. The first kappa shape index (κ1) is 25.2. The second-order valence-corrected chi connectivity index (χ2v) is 11.1. The topological polar surface area (TPSA) is 97.6 Å². The number of likely N-dealkylation sites (tertiary alicyclic amines) is 1. The van der Waals surface area contributed by atoms with Gasteiger partial charge in [0.2, 0.25) is 17.6 Å². The van der Waals surface area contributed by atoms with Crippen LogP contribution in [0.25, 0.3) is 11.4 Å². The number of aromatic nitrogens is 2. The van der Waals surface area contributed by atoms with E-state index in [0.29, 0.717) is 51.0 Å². The Morgan fingerprint density at radius 3 is 2.89 bits per heavy atom. The van der Waals surface area contributed by atoms with Gasteiger partial charge in [-0.25, -0.2) is 4.79 Å². The van der Waals surface area contributed by atoms with E-state index in [1.54, 1.807) is 18.2 Å². The lowest BCUT2D eigenvalue weighted by molar-refractivity contribution is -0.121. The number of carbonyl (C=O) groups is 2. The molecule has 1 N–H and O–H groups in total. The van der Waals surface area contributed by atoms with Gasteiger partial charge in [0.05, 0.1) is 30.2 Å². The number of aryl methyl sites for hydroxylation is 1. The third-order valence-electron chi connectivity index (χ3n) is 6.67. The van der Waals surface area contributed by atoms with Crippen LogP contribution in [0.3, 0.4) is 0 Å². The molecule has 0 saturated carbocycles. The van der Waals surface area contributed by atoms with Gasteiger partial charge in [-0.05, 0) is 68.8 Å². The van der Waals surface area contributed by atoms with E-state index < -0.39 is 0 Å². The van der Waals surface area contributed by atoms with Gasteiger partial charge in [-0.2, -0.15) is 4.98 Å². The molecule has 1 aliphatic carbocycles. The molecule has 5 rings (SSSR count). The summed E-state index contributed by atoms with van der Waals surface area (Å²) in [7, 11) is 1.38. The van der Waals surface area contributed by atoms with Crippen molar-refractivity contribution < 1.29 is 18.8 Å². The highest BCUT2D eigenvalue weighted by molar-refractivity contribution is 7.17. The number of nitrogens with one attached hydrogen (secondary N) is 1. The number of fused-ring (bicyclic) bond motifs is 1. The Kier molecular flexibility index (Phi) is 7.62. The highest BCUT2D eigenvalue weighted by atomic mass is 35.5. The summed E-state index contributed by atoms with van der Waals surface area (Å²) in [5.41, 5.74) is 2.20. The molecule has 36 heavy (non-hydrogen) atoms. The Balaban J connectivity index is 1.25. The summed E-state index contributed by atoms with van der Waals surface area (Å²) in [6.07, 6.45) is 5.56. The second kappa shape index (κ2) is 10.9. The predicted octanol–water partition coefficient (Wildman–Crippen LogP) is 5.62. The van der Waals surface area contributed by atoms with Gasteiger partial charge in [-0.15, -0.1) is 11.3 Å². The highest BCUT2D eigenvalue weighted by Crippen LogP contribution is 2.39. The molecule has 2 aromatic heterocycles. The van der Waals surface area contributed by atoms with Crippen LogP contribution in [0.1, 0.15) is 52.4 Å². The Hall–Kier alpha value is -2.46. The quantitative estimate of drug-likeness (QED) is 0.399. The molecular weight excluding hydrogens is 523 g/mol. The third kappa shape index (κ3) is 5.29. The number of piperidine rings is 1. The van der Waals surface area contributed by atoms with E-state index in [1.165, 1.54) is 23.3 Å². The van der Waals surface area contributed by atoms with E-state index in [9.17, 15) is 9.59 Å². The fraction of sp³-hybridized carbons (Fsp3) is 0.440. The average Bonchev–Trinajstić information content (AvgIpc) is 3.48. The molecule has 1 amide bonds. The van der Waals surface area contributed by atoms with Crippen LogP contribution in [0, 0.1) is 5.92 Å². The molecule has 0 radical (unpaired) electrons. The zero-order chi connectivity index (χ0) is 25.2. The fourth-order valence-electron chi connectivity index (χ4n) is 4.89. The minimum Gasteiger partial charge on any atom is -0.465 e. The van der Waals surface area contributed by atoms with Crippen molar-refractivity contribution in [1.82, 2.24) is 15.0 Å². The zero-order valence-electron chi connectivity index (χ0n) is 19.8. The lowest BCUT2D eigenvalue weighted by atomic mass is 9.95. The Morgan fingerprint density at radius 2 is 2.08 bits per heavy atom. The first-order valence-corrected chi connectivity index (χ1v) is 13.5. The summed E-state index contributed by atoms with van der Waals surface area (Å²) in [6, 6.07) is 5.12. The number of esters is 1. The van der Waals surface area contributed by atoms with Crippen molar-refractivity contribution in [2.75, 3.05) is 25.5 Å². The average molecular weight is 549 g/mol. The largest absolute Gasteiger partial charge is 0.465 e. The molecule has 1 aliphatic heterocycles. The van der Waals surface area contributed by atoms with Crippen LogP contribution in [0.2, 0.25) is 10.0 Å². The fourth-order valence-corrected chi connectivity index (χ4v) is 6.66. The number of halogens is 2. The third-order valence-corrected chi connectivity index (χ3v) is 8.43. The lowest BCUT2D eigenvalue weighted by Gasteiger charge is -2.30. The van der Waals surface area contributed by atoms with Gasteiger partial charge in [0.1, 0.15) is 5.00 Å². The molecular formula is C25H26Cl2N4O4S. The molecule has 2 aliphatic rings. The summed E-state index contributed by atoms with van der Waals surface area (Å²) in [5, 5.41) is 8.70. The minimum absolute atomic E-state index is 0.0809. The number of hydrogen-bond acceptors (Lipinski definition) is 8. The Bertz CT molecular complexity index is 1290. The molecule has 1 fully saturated rings. The van der Waals surface area contributed by atoms with E-state index in [0.717, 1.165) is 50.6 Å². The summed E-state index contributed by atoms with van der Waals surface area (Å²) >= 11 is 13.8. The summed E-state index contributed by atoms with van der Waals surface area (Å²) in [6.45, 7) is 1.82. The normalized spacial score (nSPS) is 18.0. The number of anilines is 1. The van der Waals surface area contributed by atoms with Crippen molar-refractivity contribution in [2.24, 2.45) is 5.92 Å². The lowest BCUT2D eigenvalue weighted by Crippen LogP contribution is -2.40. The number of rotatable bonds is 6. The van der Waals surface area contributed by atoms with Crippen LogP contribution >= 0.6 is 34.5 Å². The first-order valence-electron chi connectivity index (χ1n) is 12.0.